The predicted octanol–water partition coefficient (Wildman–Crippen LogP) is 2.32. The number of nitrogens with zero attached hydrogens (tertiary/aromatic N) is 3. The van der Waals surface area contributed by atoms with Crippen molar-refractivity contribution in [2.45, 2.75) is 26.2 Å². The van der Waals surface area contributed by atoms with Gasteiger partial charge in [0, 0.05) is 11.5 Å². The highest BCUT2D eigenvalue weighted by molar-refractivity contribution is 5.27. The minimum absolute atomic E-state index is 0.0115. The zero-order chi connectivity index (χ0) is 9.19. The lowest BCUT2D eigenvalue weighted by molar-refractivity contribution is 0.568. The number of rotatable bonds is 0. The lowest BCUT2D eigenvalue weighted by Gasteiger charge is -2.14. The molecular formula is C9H11N3. The van der Waals surface area contributed by atoms with E-state index in [1.165, 1.54) is 0 Å². The Morgan fingerprint density at radius 1 is 1.42 bits per heavy atom. The van der Waals surface area contributed by atoms with Crippen LogP contribution in [0.1, 0.15) is 26.5 Å². The molecule has 0 aromatic carbocycles. The smallest absolute Gasteiger partial charge is 0.371 e. The van der Waals surface area contributed by atoms with Crippen LogP contribution < -0.4 is 0 Å². The third-order valence-electron chi connectivity index (χ3n) is 1.51. The van der Waals surface area contributed by atoms with Crippen LogP contribution in [-0.4, -0.2) is 9.97 Å². The standard InChI is InChI=1S/C9H11N3/c1-9(2,3)7-5-6-11-8(10-4)12-7/h5-6H,1-3H3. The van der Waals surface area contributed by atoms with Crippen molar-refractivity contribution in [3.05, 3.63) is 29.4 Å². The largest absolute Gasteiger partial charge is 0.394 e. The molecule has 1 rings (SSSR count). The Bertz CT molecular complexity index is 317. The van der Waals surface area contributed by atoms with Crippen molar-refractivity contribution in [2.24, 2.45) is 0 Å². The molecule has 0 saturated heterocycles. The molecule has 3 nitrogen and oxygen atoms in total. The Morgan fingerprint density at radius 2 is 2.08 bits per heavy atom. The van der Waals surface area contributed by atoms with Crippen LogP contribution in [0.25, 0.3) is 4.85 Å². The Hall–Kier alpha value is -1.43. The van der Waals surface area contributed by atoms with Crippen molar-refractivity contribution in [3.63, 3.8) is 0 Å². The highest BCUT2D eigenvalue weighted by Gasteiger charge is 2.18. The lowest BCUT2D eigenvalue weighted by Crippen LogP contribution is -2.13. The van der Waals surface area contributed by atoms with E-state index >= 15 is 0 Å². The Kier molecular flexibility index (Phi) is 2.09. The van der Waals surface area contributed by atoms with Crippen LogP contribution in [0.15, 0.2) is 12.3 Å². The van der Waals surface area contributed by atoms with Gasteiger partial charge in [-0.1, -0.05) is 20.8 Å². The highest BCUT2D eigenvalue weighted by atomic mass is 15.0. The Morgan fingerprint density at radius 3 is 2.58 bits per heavy atom. The quantitative estimate of drug-likeness (QED) is 0.546. The number of aromatic nitrogens is 2. The first-order valence-electron chi connectivity index (χ1n) is 3.75. The van der Waals surface area contributed by atoms with Gasteiger partial charge in [0.2, 0.25) is 0 Å². The molecular weight excluding hydrogens is 150 g/mol. The van der Waals surface area contributed by atoms with Gasteiger partial charge in [-0.25, -0.2) is 0 Å². The van der Waals surface area contributed by atoms with Crippen molar-refractivity contribution in [3.8, 4) is 0 Å². The first-order chi connectivity index (χ1) is 5.54. The van der Waals surface area contributed by atoms with E-state index in [-0.39, 0.29) is 11.4 Å². The van der Waals surface area contributed by atoms with E-state index < -0.39 is 0 Å². The predicted molar refractivity (Wildman–Crippen MR) is 47.0 cm³/mol. The van der Waals surface area contributed by atoms with Gasteiger partial charge < -0.3 is 4.85 Å². The van der Waals surface area contributed by atoms with Crippen LogP contribution in [0.4, 0.5) is 5.95 Å². The molecule has 0 aliphatic heterocycles. The van der Waals surface area contributed by atoms with Crippen LogP contribution in [0.5, 0.6) is 0 Å². The average Bonchev–Trinajstić information content (AvgIpc) is 2.03. The second-order valence-corrected chi connectivity index (χ2v) is 3.60. The third kappa shape index (κ3) is 1.79. The fraction of sp³-hybridized carbons (Fsp3) is 0.444. The molecule has 0 bridgehead atoms. The van der Waals surface area contributed by atoms with E-state index in [0.717, 1.165) is 5.69 Å². The molecule has 0 amide bonds. The minimum Gasteiger partial charge on any atom is -0.394 e. The van der Waals surface area contributed by atoms with Gasteiger partial charge in [0.25, 0.3) is 0 Å². The second kappa shape index (κ2) is 2.90. The van der Waals surface area contributed by atoms with E-state index in [2.05, 4.69) is 35.6 Å². The molecule has 0 atom stereocenters. The van der Waals surface area contributed by atoms with Crippen molar-refractivity contribution < 1.29 is 0 Å². The zero-order valence-electron chi connectivity index (χ0n) is 7.50. The van der Waals surface area contributed by atoms with Crippen molar-refractivity contribution >= 4 is 5.95 Å². The molecule has 0 fully saturated rings. The average molecular weight is 161 g/mol. The van der Waals surface area contributed by atoms with Gasteiger partial charge in [-0.05, 0) is 0 Å². The van der Waals surface area contributed by atoms with Crippen LogP contribution in [0, 0.1) is 6.57 Å². The normalized spacial score (nSPS) is 10.8. The molecule has 0 spiro atoms. The maximum absolute atomic E-state index is 6.74. The van der Waals surface area contributed by atoms with E-state index in [0.29, 0.717) is 0 Å². The van der Waals surface area contributed by atoms with E-state index in [1.54, 1.807) is 6.20 Å². The summed E-state index contributed by atoms with van der Waals surface area (Å²) in [6, 6.07) is 1.84. The van der Waals surface area contributed by atoms with Gasteiger partial charge in [-0.15, -0.1) is 6.57 Å². The summed E-state index contributed by atoms with van der Waals surface area (Å²) in [5, 5.41) is 0. The van der Waals surface area contributed by atoms with Crippen molar-refractivity contribution in [1.29, 1.82) is 0 Å². The van der Waals surface area contributed by atoms with E-state index in [4.69, 9.17) is 6.57 Å². The molecule has 62 valence electrons. The van der Waals surface area contributed by atoms with Crippen LogP contribution in [0.2, 0.25) is 0 Å². The summed E-state index contributed by atoms with van der Waals surface area (Å²) in [4.78, 5) is 11.1. The molecule has 3 heteroatoms. The molecule has 0 saturated carbocycles. The molecule has 0 N–H and O–H groups in total. The zero-order valence-corrected chi connectivity index (χ0v) is 7.50. The first kappa shape index (κ1) is 8.66. The molecule has 0 unspecified atom stereocenters. The number of hydrogen-bond acceptors (Lipinski definition) is 2. The second-order valence-electron chi connectivity index (χ2n) is 3.60. The number of hydrogen-bond donors (Lipinski definition) is 0. The van der Waals surface area contributed by atoms with Crippen LogP contribution >= 0.6 is 0 Å². The topological polar surface area (TPSA) is 30.1 Å². The minimum atomic E-state index is -0.0115. The summed E-state index contributed by atoms with van der Waals surface area (Å²) in [6.07, 6.45) is 1.63. The molecule has 0 aliphatic carbocycles. The highest BCUT2D eigenvalue weighted by Crippen LogP contribution is 2.20. The lowest BCUT2D eigenvalue weighted by atomic mass is 9.92. The van der Waals surface area contributed by atoms with Gasteiger partial charge in [0.05, 0.1) is 6.20 Å². The molecule has 1 aromatic rings. The fourth-order valence-electron chi connectivity index (χ4n) is 0.820. The van der Waals surface area contributed by atoms with Crippen molar-refractivity contribution in [2.75, 3.05) is 0 Å². The van der Waals surface area contributed by atoms with Gasteiger partial charge >= 0.3 is 5.95 Å². The maximum atomic E-state index is 6.74. The first-order valence-corrected chi connectivity index (χ1v) is 3.75. The summed E-state index contributed by atoms with van der Waals surface area (Å²) in [6.45, 7) is 12.9. The summed E-state index contributed by atoms with van der Waals surface area (Å²) >= 11 is 0. The molecule has 12 heavy (non-hydrogen) atoms. The molecule has 0 aliphatic rings. The summed E-state index contributed by atoms with van der Waals surface area (Å²) in [5.41, 5.74) is 0.894. The monoisotopic (exact) mass is 161 g/mol. The summed E-state index contributed by atoms with van der Waals surface area (Å²) in [7, 11) is 0. The van der Waals surface area contributed by atoms with Crippen LogP contribution in [0.3, 0.4) is 0 Å². The third-order valence-corrected chi connectivity index (χ3v) is 1.51. The molecule has 0 radical (unpaired) electrons. The van der Waals surface area contributed by atoms with Gasteiger partial charge in [0.15, 0.2) is 0 Å². The summed E-state index contributed by atoms with van der Waals surface area (Å²) in [5.74, 6) is 0.224. The van der Waals surface area contributed by atoms with Gasteiger partial charge in [-0.3, -0.25) is 0 Å². The van der Waals surface area contributed by atoms with E-state index in [1.807, 2.05) is 6.07 Å². The maximum Gasteiger partial charge on any atom is 0.371 e. The Labute approximate surface area is 72.3 Å². The van der Waals surface area contributed by atoms with E-state index in [9.17, 15) is 0 Å². The van der Waals surface area contributed by atoms with Crippen LogP contribution in [-0.2, 0) is 5.41 Å². The SMILES string of the molecule is [C-]#[N+]c1nccc(C(C)(C)C)n1. The molecule has 1 aromatic heterocycles. The Balaban J connectivity index is 3.13. The molecule has 1 heterocycles. The van der Waals surface area contributed by atoms with Gasteiger partial charge in [-0.2, -0.15) is 9.97 Å². The summed E-state index contributed by atoms with van der Waals surface area (Å²) < 4.78 is 0. The van der Waals surface area contributed by atoms with Gasteiger partial charge in [0.1, 0.15) is 5.69 Å². The van der Waals surface area contributed by atoms with Crippen molar-refractivity contribution in [1.82, 2.24) is 9.97 Å². The fourth-order valence-corrected chi connectivity index (χ4v) is 0.820.